The van der Waals surface area contributed by atoms with Crippen molar-refractivity contribution >= 4 is 15.8 Å². The van der Waals surface area contributed by atoms with Crippen molar-refractivity contribution in [2.24, 2.45) is 7.05 Å². The van der Waals surface area contributed by atoms with Gasteiger partial charge in [-0.05, 0) is 17.7 Å². The second-order valence-electron chi connectivity index (χ2n) is 7.67. The van der Waals surface area contributed by atoms with Crippen LogP contribution in [0, 0.1) is 0 Å². The van der Waals surface area contributed by atoms with Crippen LogP contribution in [0.2, 0.25) is 0 Å². The number of ether oxygens (including phenoxy) is 1. The number of rotatable bonds is 6. The van der Waals surface area contributed by atoms with E-state index in [0.29, 0.717) is 15.2 Å². The minimum atomic E-state index is -5.03. The number of piperidine rings is 1. The molecule has 1 aliphatic rings. The summed E-state index contributed by atoms with van der Waals surface area (Å²) in [5, 5.41) is 3.16. The van der Waals surface area contributed by atoms with Gasteiger partial charge in [0, 0.05) is 45.6 Å². The van der Waals surface area contributed by atoms with Crippen LogP contribution in [-0.2, 0) is 34.5 Å². The predicted octanol–water partition coefficient (Wildman–Crippen LogP) is 3.64. The molecule has 0 saturated carbocycles. The number of ketones is 1. The van der Waals surface area contributed by atoms with Crippen molar-refractivity contribution in [1.82, 2.24) is 14.1 Å². The fourth-order valence-electron chi connectivity index (χ4n) is 3.50. The molecule has 7 nitrogen and oxygen atoms in total. The molecular weight excluding hydrogens is 499 g/mol. The van der Waals surface area contributed by atoms with E-state index >= 15 is 4.39 Å². The highest BCUT2D eigenvalue weighted by Crippen LogP contribution is 2.37. The first-order valence-corrected chi connectivity index (χ1v) is 11.1. The number of nitrogens with zero attached hydrogens (tertiary/aromatic N) is 3. The Bertz CT molecular complexity index is 1150. The summed E-state index contributed by atoms with van der Waals surface area (Å²) in [5.41, 5.74) is -3.84. The lowest BCUT2D eigenvalue weighted by molar-refractivity contribution is -0.274. The first kappa shape index (κ1) is 25.9. The Kier molecular flexibility index (Phi) is 6.74. The van der Waals surface area contributed by atoms with Crippen LogP contribution in [0.1, 0.15) is 24.1 Å². The average Bonchev–Trinajstić information content (AvgIpc) is 3.12. The minimum absolute atomic E-state index is 0.205. The molecule has 0 N–H and O–H groups in total. The molecule has 1 aliphatic heterocycles. The van der Waals surface area contributed by atoms with E-state index in [4.69, 9.17) is 0 Å². The first-order chi connectivity index (χ1) is 15.5. The minimum Gasteiger partial charge on any atom is -0.406 e. The topological polar surface area (TPSA) is 81.5 Å². The van der Waals surface area contributed by atoms with E-state index in [-0.39, 0.29) is 5.56 Å². The first-order valence-electron chi connectivity index (χ1n) is 9.69. The van der Waals surface area contributed by atoms with Gasteiger partial charge in [-0.2, -0.15) is 22.6 Å². The highest BCUT2D eigenvalue weighted by Gasteiger charge is 2.47. The van der Waals surface area contributed by atoms with Gasteiger partial charge in [0.1, 0.15) is 10.6 Å². The number of aromatic nitrogens is 2. The molecule has 0 unspecified atom stereocenters. The molecule has 0 aliphatic carbocycles. The molecule has 0 amide bonds. The summed E-state index contributed by atoms with van der Waals surface area (Å²) in [4.78, 5) is 11.4. The molecular formula is C19H18F7N3O4S. The summed E-state index contributed by atoms with van der Waals surface area (Å²) in [6.45, 7) is -1.09. The number of hydrogen-bond donors (Lipinski definition) is 0. The largest absolute Gasteiger partial charge is 0.573 e. The van der Waals surface area contributed by atoms with Gasteiger partial charge in [-0.3, -0.25) is 9.48 Å². The van der Waals surface area contributed by atoms with Crippen LogP contribution in [0.25, 0.3) is 0 Å². The normalized spacial score (nSPS) is 17.5. The monoisotopic (exact) mass is 517 g/mol. The van der Waals surface area contributed by atoms with Gasteiger partial charge < -0.3 is 4.74 Å². The number of halogens is 7. The van der Waals surface area contributed by atoms with E-state index in [2.05, 4.69) is 9.84 Å². The van der Waals surface area contributed by atoms with E-state index in [1.54, 1.807) is 0 Å². The zero-order valence-corrected chi connectivity index (χ0v) is 18.3. The van der Waals surface area contributed by atoms with Gasteiger partial charge in [0.25, 0.3) is 0 Å². The Morgan fingerprint density at radius 3 is 2.15 bits per heavy atom. The Labute approximate surface area is 189 Å². The molecule has 3 rings (SSSR count). The van der Waals surface area contributed by atoms with Crippen molar-refractivity contribution < 1.29 is 48.7 Å². The molecule has 1 fully saturated rings. The quantitative estimate of drug-likeness (QED) is 0.547. The van der Waals surface area contributed by atoms with Gasteiger partial charge >= 0.3 is 12.5 Å². The van der Waals surface area contributed by atoms with E-state index in [0.717, 1.165) is 31.3 Å². The summed E-state index contributed by atoms with van der Waals surface area (Å²) in [6, 6.07) is 4.23. The lowest BCUT2D eigenvalue weighted by Crippen LogP contribution is -2.48. The number of alkyl halides is 7. The van der Waals surface area contributed by atoms with E-state index in [1.165, 1.54) is 0 Å². The van der Waals surface area contributed by atoms with Gasteiger partial charge in [-0.1, -0.05) is 12.1 Å². The fraction of sp³-hybridized carbons (Fsp3) is 0.474. The van der Waals surface area contributed by atoms with Crippen LogP contribution in [0.15, 0.2) is 35.4 Å². The molecule has 2 aromatic rings. The molecule has 0 atom stereocenters. The zero-order chi connectivity index (χ0) is 25.5. The fourth-order valence-corrected chi connectivity index (χ4v) is 5.13. The van der Waals surface area contributed by atoms with E-state index < -0.39 is 82.7 Å². The summed E-state index contributed by atoms with van der Waals surface area (Å²) < 4.78 is 122. The number of aryl methyl sites for hydroxylation is 1. The number of carbonyl (C=O) groups is 1. The molecule has 2 heterocycles. The molecule has 1 aromatic carbocycles. The maximum Gasteiger partial charge on any atom is 0.573 e. The standard InChI is InChI=1S/C19H18F7N3O4S/c1-28-11-14(16(27-28)18(21,22)23)34(31,32)29-8-6-17(20,7-9-29)15(30)10-12-2-4-13(5-3-12)33-19(24,25)26/h2-5,11H,6-10H2,1H3. The number of hydrogen-bond acceptors (Lipinski definition) is 5. The Hall–Kier alpha value is -2.68. The SMILES string of the molecule is Cn1cc(S(=O)(=O)N2CCC(F)(C(=O)Cc3ccc(OC(F)(F)F)cc3)CC2)c(C(F)(F)F)n1. The van der Waals surface area contributed by atoms with Gasteiger partial charge in [0.05, 0.1) is 0 Å². The van der Waals surface area contributed by atoms with Gasteiger partial charge in [-0.15, -0.1) is 13.2 Å². The number of sulfonamides is 1. The Morgan fingerprint density at radius 2 is 1.65 bits per heavy atom. The zero-order valence-electron chi connectivity index (χ0n) is 17.5. The van der Waals surface area contributed by atoms with Crippen LogP contribution >= 0.6 is 0 Å². The van der Waals surface area contributed by atoms with E-state index in [9.17, 15) is 39.6 Å². The molecule has 0 radical (unpaired) electrons. The predicted molar refractivity (Wildman–Crippen MR) is 102 cm³/mol. The third-order valence-corrected chi connectivity index (χ3v) is 7.12. The molecule has 188 valence electrons. The molecule has 0 spiro atoms. The summed E-state index contributed by atoms with van der Waals surface area (Å²) in [5.74, 6) is -1.45. The van der Waals surface area contributed by atoms with Crippen LogP contribution in [0.4, 0.5) is 30.7 Å². The summed E-state index contributed by atoms with van der Waals surface area (Å²) >= 11 is 0. The number of benzene rings is 1. The van der Waals surface area contributed by atoms with Gasteiger partial charge in [0.2, 0.25) is 10.0 Å². The van der Waals surface area contributed by atoms with E-state index in [1.807, 2.05) is 0 Å². The van der Waals surface area contributed by atoms with Gasteiger partial charge in [-0.25, -0.2) is 12.8 Å². The number of Topliss-reactive ketones (excluding diaryl/α,β-unsaturated/α-hetero) is 1. The average molecular weight is 517 g/mol. The highest BCUT2D eigenvalue weighted by atomic mass is 32.2. The van der Waals surface area contributed by atoms with Crippen LogP contribution in [-0.4, -0.2) is 53.4 Å². The molecule has 1 saturated heterocycles. The van der Waals surface area contributed by atoms with Crippen LogP contribution in [0.3, 0.4) is 0 Å². The molecule has 15 heteroatoms. The highest BCUT2D eigenvalue weighted by molar-refractivity contribution is 7.89. The third-order valence-electron chi connectivity index (χ3n) is 5.22. The molecule has 1 aromatic heterocycles. The van der Waals surface area contributed by atoms with Crippen LogP contribution < -0.4 is 4.74 Å². The van der Waals surface area contributed by atoms with Crippen molar-refractivity contribution in [3.05, 3.63) is 41.7 Å². The van der Waals surface area contributed by atoms with Crippen molar-refractivity contribution in [1.29, 1.82) is 0 Å². The van der Waals surface area contributed by atoms with Crippen molar-refractivity contribution in [3.8, 4) is 5.75 Å². The second kappa shape index (κ2) is 8.83. The third kappa shape index (κ3) is 5.68. The van der Waals surface area contributed by atoms with Crippen LogP contribution in [0.5, 0.6) is 5.75 Å². The van der Waals surface area contributed by atoms with Crippen molar-refractivity contribution in [2.45, 2.75) is 42.4 Å². The van der Waals surface area contributed by atoms with Crippen molar-refractivity contribution in [2.75, 3.05) is 13.1 Å². The lowest BCUT2D eigenvalue weighted by Gasteiger charge is -2.34. The van der Waals surface area contributed by atoms with Crippen molar-refractivity contribution in [3.63, 3.8) is 0 Å². The maximum absolute atomic E-state index is 15.2. The Morgan fingerprint density at radius 1 is 1.09 bits per heavy atom. The molecule has 34 heavy (non-hydrogen) atoms. The summed E-state index contributed by atoms with van der Waals surface area (Å²) in [6.07, 6.45) is -10.9. The molecule has 0 bridgehead atoms. The smallest absolute Gasteiger partial charge is 0.406 e. The Balaban J connectivity index is 1.68. The maximum atomic E-state index is 15.2. The second-order valence-corrected chi connectivity index (χ2v) is 9.58. The van der Waals surface area contributed by atoms with Gasteiger partial charge in [0.15, 0.2) is 17.1 Å². The number of carbonyl (C=O) groups excluding carboxylic acids is 1. The summed E-state index contributed by atoms with van der Waals surface area (Å²) in [7, 11) is -3.54. The lowest BCUT2D eigenvalue weighted by atomic mass is 9.87.